The SMILES string of the molecule is CCC(C)c1ccc(-c2ccc(C(=O)C(C)C(C(C)=O)C(=O)NC3(O)CC3)cc2)cc1. The van der Waals surface area contributed by atoms with Gasteiger partial charge in [0.2, 0.25) is 5.91 Å². The number of carbonyl (C=O) groups is 3. The fourth-order valence-electron chi connectivity index (χ4n) is 3.80. The quantitative estimate of drug-likeness (QED) is 0.355. The monoisotopic (exact) mass is 421 g/mol. The van der Waals surface area contributed by atoms with Gasteiger partial charge in [0.05, 0.1) is 0 Å². The van der Waals surface area contributed by atoms with Crippen LogP contribution in [-0.4, -0.2) is 28.3 Å². The molecule has 0 radical (unpaired) electrons. The molecule has 1 fully saturated rings. The summed E-state index contributed by atoms with van der Waals surface area (Å²) < 4.78 is 0. The second-order valence-corrected chi connectivity index (χ2v) is 8.77. The number of ketones is 2. The molecule has 3 rings (SSSR count). The molecule has 1 amide bonds. The number of benzene rings is 2. The third-order valence-corrected chi connectivity index (χ3v) is 6.31. The van der Waals surface area contributed by atoms with E-state index in [2.05, 4.69) is 43.4 Å². The van der Waals surface area contributed by atoms with Crippen molar-refractivity contribution >= 4 is 17.5 Å². The van der Waals surface area contributed by atoms with E-state index >= 15 is 0 Å². The van der Waals surface area contributed by atoms with Gasteiger partial charge >= 0.3 is 0 Å². The minimum atomic E-state index is -1.22. The number of amides is 1. The Balaban J connectivity index is 1.73. The van der Waals surface area contributed by atoms with Gasteiger partial charge in [0.25, 0.3) is 0 Å². The number of aliphatic hydroxyl groups is 1. The zero-order valence-corrected chi connectivity index (χ0v) is 18.6. The molecule has 5 heteroatoms. The highest BCUT2D eigenvalue weighted by Gasteiger charge is 2.45. The van der Waals surface area contributed by atoms with Crippen LogP contribution >= 0.6 is 0 Å². The van der Waals surface area contributed by atoms with Crippen molar-refractivity contribution in [1.29, 1.82) is 0 Å². The Labute approximate surface area is 183 Å². The van der Waals surface area contributed by atoms with Crippen molar-refractivity contribution in [1.82, 2.24) is 5.32 Å². The van der Waals surface area contributed by atoms with Crippen molar-refractivity contribution in [3.05, 3.63) is 59.7 Å². The predicted octanol–water partition coefficient (Wildman–Crippen LogP) is 4.49. The number of rotatable bonds is 9. The van der Waals surface area contributed by atoms with Crippen molar-refractivity contribution in [3.63, 3.8) is 0 Å². The second kappa shape index (κ2) is 9.15. The third-order valence-electron chi connectivity index (χ3n) is 6.31. The molecule has 0 bridgehead atoms. The maximum Gasteiger partial charge on any atom is 0.233 e. The van der Waals surface area contributed by atoms with Gasteiger partial charge < -0.3 is 10.4 Å². The van der Waals surface area contributed by atoms with Gasteiger partial charge in [-0.1, -0.05) is 69.3 Å². The molecule has 0 saturated heterocycles. The van der Waals surface area contributed by atoms with E-state index in [0.717, 1.165) is 17.5 Å². The van der Waals surface area contributed by atoms with E-state index in [1.165, 1.54) is 12.5 Å². The van der Waals surface area contributed by atoms with Crippen LogP contribution < -0.4 is 5.32 Å². The Morgan fingerprint density at radius 2 is 1.48 bits per heavy atom. The van der Waals surface area contributed by atoms with Crippen LogP contribution in [0.1, 0.15) is 68.8 Å². The van der Waals surface area contributed by atoms with E-state index in [1.54, 1.807) is 19.1 Å². The Morgan fingerprint density at radius 1 is 0.968 bits per heavy atom. The summed E-state index contributed by atoms with van der Waals surface area (Å²) in [6, 6.07) is 15.7. The Bertz CT molecular complexity index is 958. The first-order valence-corrected chi connectivity index (χ1v) is 10.9. The minimum Gasteiger partial charge on any atom is -0.371 e. The zero-order chi connectivity index (χ0) is 22.8. The number of nitrogens with one attached hydrogen (secondary N) is 1. The Morgan fingerprint density at radius 3 is 1.94 bits per heavy atom. The first kappa shape index (κ1) is 22.9. The number of hydrogen-bond acceptors (Lipinski definition) is 4. The number of Topliss-reactive ketones (excluding diaryl/α,β-unsaturated/α-hetero) is 2. The highest BCUT2D eigenvalue weighted by atomic mass is 16.3. The first-order valence-electron chi connectivity index (χ1n) is 10.9. The molecule has 1 saturated carbocycles. The summed E-state index contributed by atoms with van der Waals surface area (Å²) in [5.41, 5.74) is 2.60. The van der Waals surface area contributed by atoms with Crippen LogP contribution in [0.2, 0.25) is 0 Å². The smallest absolute Gasteiger partial charge is 0.233 e. The molecular weight excluding hydrogens is 390 g/mol. The van der Waals surface area contributed by atoms with Crippen LogP contribution in [0.25, 0.3) is 11.1 Å². The lowest BCUT2D eigenvalue weighted by Crippen LogP contribution is -2.46. The standard InChI is InChI=1S/C26H31NO4/c1-5-16(2)19-6-8-20(9-7-19)21-10-12-22(13-11-21)24(29)17(3)23(18(4)28)25(30)27-26(31)14-15-26/h6-13,16-17,23,31H,5,14-15H2,1-4H3,(H,27,30). The van der Waals surface area contributed by atoms with Crippen LogP contribution in [0.4, 0.5) is 0 Å². The molecule has 0 spiro atoms. The molecule has 0 aliphatic heterocycles. The molecule has 0 heterocycles. The lowest BCUT2D eigenvalue weighted by molar-refractivity contribution is -0.136. The summed E-state index contributed by atoms with van der Waals surface area (Å²) in [5.74, 6) is -2.67. The summed E-state index contributed by atoms with van der Waals surface area (Å²) in [6.07, 6.45) is 2.02. The van der Waals surface area contributed by atoms with Gasteiger partial charge in [0.1, 0.15) is 17.4 Å². The fraction of sp³-hybridized carbons (Fsp3) is 0.423. The van der Waals surface area contributed by atoms with Crippen molar-refractivity contribution < 1.29 is 19.5 Å². The lowest BCUT2D eigenvalue weighted by Gasteiger charge is -2.22. The topological polar surface area (TPSA) is 83.5 Å². The van der Waals surface area contributed by atoms with Crippen molar-refractivity contribution in [2.45, 2.75) is 58.6 Å². The average molecular weight is 422 g/mol. The average Bonchev–Trinajstić information content (AvgIpc) is 3.48. The second-order valence-electron chi connectivity index (χ2n) is 8.77. The normalized spacial score (nSPS) is 17.3. The molecule has 5 nitrogen and oxygen atoms in total. The van der Waals surface area contributed by atoms with Crippen molar-refractivity contribution in [2.24, 2.45) is 11.8 Å². The fourth-order valence-corrected chi connectivity index (χ4v) is 3.80. The maximum atomic E-state index is 13.0. The van der Waals surface area contributed by atoms with Crippen molar-refractivity contribution in [2.75, 3.05) is 0 Å². The van der Waals surface area contributed by atoms with Gasteiger partial charge in [0, 0.05) is 11.5 Å². The Hall–Kier alpha value is -2.79. The minimum absolute atomic E-state index is 0.267. The lowest BCUT2D eigenvalue weighted by atomic mass is 9.83. The molecule has 31 heavy (non-hydrogen) atoms. The van der Waals surface area contributed by atoms with Crippen LogP contribution in [-0.2, 0) is 9.59 Å². The van der Waals surface area contributed by atoms with Crippen LogP contribution in [0.15, 0.2) is 48.5 Å². The molecule has 2 aromatic carbocycles. The van der Waals surface area contributed by atoms with Gasteiger partial charge in [0.15, 0.2) is 5.78 Å². The molecule has 0 aromatic heterocycles. The van der Waals surface area contributed by atoms with Crippen molar-refractivity contribution in [3.8, 4) is 11.1 Å². The molecule has 3 atom stereocenters. The van der Waals surface area contributed by atoms with Crippen LogP contribution in [0.5, 0.6) is 0 Å². The molecule has 1 aliphatic rings. The van der Waals surface area contributed by atoms with E-state index in [1.807, 2.05) is 12.1 Å². The van der Waals surface area contributed by atoms with Gasteiger partial charge in [-0.15, -0.1) is 0 Å². The van der Waals surface area contributed by atoms with Gasteiger partial charge in [-0.3, -0.25) is 14.4 Å². The maximum absolute atomic E-state index is 13.0. The van der Waals surface area contributed by atoms with E-state index in [0.29, 0.717) is 24.3 Å². The molecule has 2 aromatic rings. The third kappa shape index (κ3) is 5.28. The van der Waals surface area contributed by atoms with Gasteiger partial charge in [-0.25, -0.2) is 0 Å². The Kier molecular flexibility index (Phi) is 6.75. The molecule has 3 unspecified atom stereocenters. The van der Waals surface area contributed by atoms with Crippen LogP contribution in [0.3, 0.4) is 0 Å². The number of hydrogen-bond donors (Lipinski definition) is 2. The summed E-state index contributed by atoms with van der Waals surface area (Å²) in [5, 5.41) is 12.4. The van der Waals surface area contributed by atoms with E-state index in [4.69, 9.17) is 0 Å². The highest BCUT2D eigenvalue weighted by Crippen LogP contribution is 2.33. The van der Waals surface area contributed by atoms with E-state index in [9.17, 15) is 19.5 Å². The predicted molar refractivity (Wildman–Crippen MR) is 121 cm³/mol. The summed E-state index contributed by atoms with van der Waals surface area (Å²) >= 11 is 0. The summed E-state index contributed by atoms with van der Waals surface area (Å²) in [6.45, 7) is 7.27. The molecule has 1 aliphatic carbocycles. The van der Waals surface area contributed by atoms with E-state index < -0.39 is 23.5 Å². The molecule has 2 N–H and O–H groups in total. The largest absolute Gasteiger partial charge is 0.371 e. The zero-order valence-electron chi connectivity index (χ0n) is 18.6. The van der Waals surface area contributed by atoms with Gasteiger partial charge in [-0.2, -0.15) is 0 Å². The molecule has 164 valence electrons. The first-order chi connectivity index (χ1) is 14.6. The number of carbonyl (C=O) groups excluding carboxylic acids is 3. The summed E-state index contributed by atoms with van der Waals surface area (Å²) in [7, 11) is 0. The van der Waals surface area contributed by atoms with E-state index in [-0.39, 0.29) is 11.6 Å². The van der Waals surface area contributed by atoms with Gasteiger partial charge in [-0.05, 0) is 48.8 Å². The molecular formula is C26H31NO4. The summed E-state index contributed by atoms with van der Waals surface area (Å²) in [4.78, 5) is 37.6. The van der Waals surface area contributed by atoms with Crippen LogP contribution in [0, 0.1) is 11.8 Å². The highest BCUT2D eigenvalue weighted by molar-refractivity contribution is 6.08.